The lowest BCUT2D eigenvalue weighted by atomic mass is 9.85. The first-order valence-corrected chi connectivity index (χ1v) is 23.1. The smallest absolute Gasteiger partial charge is 0.416 e. The molecule has 1 aliphatic heterocycles. The molecule has 0 spiro atoms. The van der Waals surface area contributed by atoms with Gasteiger partial charge >= 0.3 is 12.4 Å². The minimum Gasteiger partial charge on any atom is -0.493 e. The lowest BCUT2D eigenvalue weighted by Gasteiger charge is -2.35. The second-order valence-corrected chi connectivity index (χ2v) is 18.3. The van der Waals surface area contributed by atoms with Crippen molar-refractivity contribution in [2.24, 2.45) is 5.41 Å². The van der Waals surface area contributed by atoms with E-state index in [-0.39, 0.29) is 87.6 Å². The van der Waals surface area contributed by atoms with Gasteiger partial charge in [-0.1, -0.05) is 57.2 Å². The maximum Gasteiger partial charge on any atom is 0.416 e. The number of aryl methyl sites for hydroxylation is 1. The molecule has 3 unspecified atom stereocenters. The quantitative estimate of drug-likeness (QED) is 0.0290. The van der Waals surface area contributed by atoms with Gasteiger partial charge in [-0.05, 0) is 59.4 Å². The normalized spacial score (nSPS) is 15.7. The largest absolute Gasteiger partial charge is 0.493 e. The van der Waals surface area contributed by atoms with Gasteiger partial charge in [0.15, 0.2) is 11.5 Å². The van der Waals surface area contributed by atoms with Gasteiger partial charge in [0.2, 0.25) is 17.7 Å². The van der Waals surface area contributed by atoms with Gasteiger partial charge in [-0.3, -0.25) is 19.2 Å². The van der Waals surface area contributed by atoms with E-state index in [2.05, 4.69) is 20.9 Å². The number of β-amino-alcohol motifs (C(OH)–C–C–N with tert-alkyl or cyclic N) is 1. The standard InChI is InChI=1S/C49H54F6N6O9S/c1-29-42(71-28-59-29)32-9-6-30(7-10-32)25-58-45(65)38-23-36(62)26-61(38)46(66)43(47(2,3)4)60-41(63)14-16-68-18-19-69-17-15-57-44(64)34(24-56)20-31-8-13-39(40(21-31)67-5)70-27-33-11-12-35(48(50,51)52)22-37(33)49(53,54)55/h6-13,20-22,28,36,38,43,62H,14-19,23,25-27H2,1-5H3,(H,57,64)(H,58,65)(H,60,63). The Labute approximate surface area is 410 Å². The molecule has 4 aromatic rings. The fourth-order valence-electron chi connectivity index (χ4n) is 7.34. The molecule has 5 rings (SSSR count). The molecule has 1 saturated heterocycles. The Kier molecular flexibility index (Phi) is 19.1. The molecule has 382 valence electrons. The predicted molar refractivity (Wildman–Crippen MR) is 248 cm³/mol. The van der Waals surface area contributed by atoms with Gasteiger partial charge in [-0.15, -0.1) is 11.3 Å². The molecule has 2 heterocycles. The number of carbonyl (C=O) groups excluding carboxylic acids is 4. The number of aliphatic hydroxyl groups is 1. The summed E-state index contributed by atoms with van der Waals surface area (Å²) in [7, 11) is 1.23. The van der Waals surface area contributed by atoms with Gasteiger partial charge in [0.1, 0.15) is 30.3 Å². The van der Waals surface area contributed by atoms with Gasteiger partial charge < -0.3 is 44.9 Å². The number of halogens is 6. The van der Waals surface area contributed by atoms with E-state index < -0.39 is 82.9 Å². The molecule has 0 radical (unpaired) electrons. The van der Waals surface area contributed by atoms with Gasteiger partial charge in [0.25, 0.3) is 5.91 Å². The number of methoxy groups -OCH3 is 1. The Morgan fingerprint density at radius 2 is 1.63 bits per heavy atom. The summed E-state index contributed by atoms with van der Waals surface area (Å²) < 4.78 is 102. The van der Waals surface area contributed by atoms with Gasteiger partial charge in [0, 0.05) is 38.0 Å². The number of aliphatic hydroxyl groups excluding tert-OH is 1. The van der Waals surface area contributed by atoms with Gasteiger partial charge in [-0.2, -0.15) is 31.6 Å². The summed E-state index contributed by atoms with van der Waals surface area (Å²) in [4.78, 5) is 59.8. The molecule has 1 fully saturated rings. The minimum atomic E-state index is -5.09. The molecule has 0 aliphatic carbocycles. The number of hydrogen-bond donors (Lipinski definition) is 4. The first kappa shape index (κ1) is 55.4. The number of carbonyl (C=O) groups is 4. The van der Waals surface area contributed by atoms with Crippen molar-refractivity contribution in [3.63, 3.8) is 0 Å². The van der Waals surface area contributed by atoms with Crippen molar-refractivity contribution in [2.45, 2.75) is 84.2 Å². The third-order valence-corrected chi connectivity index (χ3v) is 12.1. The van der Waals surface area contributed by atoms with Gasteiger partial charge in [-0.25, -0.2) is 4.98 Å². The second kappa shape index (κ2) is 24.5. The zero-order valence-corrected chi connectivity index (χ0v) is 40.3. The highest BCUT2D eigenvalue weighted by Crippen LogP contribution is 2.39. The van der Waals surface area contributed by atoms with E-state index in [4.69, 9.17) is 18.9 Å². The Morgan fingerprint density at radius 1 is 0.930 bits per heavy atom. The molecular weight excluding hydrogens is 963 g/mol. The van der Waals surface area contributed by atoms with Crippen LogP contribution in [0.4, 0.5) is 26.3 Å². The van der Waals surface area contributed by atoms with Crippen molar-refractivity contribution >= 4 is 41.0 Å². The summed E-state index contributed by atoms with van der Waals surface area (Å²) in [6.07, 6.45) is -9.82. The number of alkyl halides is 6. The molecule has 71 heavy (non-hydrogen) atoms. The van der Waals surface area contributed by atoms with E-state index in [1.54, 1.807) is 43.7 Å². The van der Waals surface area contributed by atoms with Crippen LogP contribution in [-0.4, -0.2) is 103 Å². The monoisotopic (exact) mass is 1020 g/mol. The van der Waals surface area contributed by atoms with Crippen LogP contribution < -0.4 is 25.4 Å². The van der Waals surface area contributed by atoms with Crippen molar-refractivity contribution in [1.82, 2.24) is 25.8 Å². The van der Waals surface area contributed by atoms with Crippen molar-refractivity contribution in [3.8, 4) is 28.0 Å². The SMILES string of the molecule is COc1cc(C=C(C#N)C(=O)NCCOCCOCCC(=O)NC(C(=O)N2CC(O)CC2C(=O)NCc2ccc(-c3scnc3C)cc2)C(C)(C)C)ccc1OCc1ccc(C(F)(F)F)cc1C(F)(F)F. The van der Waals surface area contributed by atoms with E-state index >= 15 is 0 Å². The summed E-state index contributed by atoms with van der Waals surface area (Å²) in [5.74, 6) is -2.18. The third-order valence-electron chi connectivity index (χ3n) is 11.1. The number of nitriles is 1. The number of amides is 4. The topological polar surface area (TPSA) is 201 Å². The summed E-state index contributed by atoms with van der Waals surface area (Å²) >= 11 is 1.54. The van der Waals surface area contributed by atoms with E-state index in [0.717, 1.165) is 21.7 Å². The zero-order chi connectivity index (χ0) is 52.1. The molecule has 1 aliphatic rings. The first-order valence-electron chi connectivity index (χ1n) is 22.2. The van der Waals surface area contributed by atoms with Crippen LogP contribution in [0.2, 0.25) is 0 Å². The molecule has 4 amide bonds. The van der Waals surface area contributed by atoms with E-state index in [0.29, 0.717) is 12.1 Å². The minimum absolute atomic E-state index is 0.00111. The van der Waals surface area contributed by atoms with Crippen LogP contribution in [0.1, 0.15) is 67.1 Å². The number of nitrogens with one attached hydrogen (secondary N) is 3. The average molecular weight is 1020 g/mol. The molecule has 4 N–H and O–H groups in total. The van der Waals surface area contributed by atoms with Crippen molar-refractivity contribution < 1.29 is 69.6 Å². The van der Waals surface area contributed by atoms with Crippen LogP contribution in [0.5, 0.6) is 11.5 Å². The zero-order valence-electron chi connectivity index (χ0n) is 39.5. The van der Waals surface area contributed by atoms with Crippen LogP contribution in [0, 0.1) is 23.7 Å². The Bertz CT molecular complexity index is 2570. The summed E-state index contributed by atoms with van der Waals surface area (Å²) in [5.41, 5.74) is 0.278. The lowest BCUT2D eigenvalue weighted by molar-refractivity contribution is -0.144. The van der Waals surface area contributed by atoms with Crippen molar-refractivity contribution in [2.75, 3.05) is 46.6 Å². The lowest BCUT2D eigenvalue weighted by Crippen LogP contribution is -2.57. The number of thiazole rings is 1. The Morgan fingerprint density at radius 3 is 2.25 bits per heavy atom. The number of nitrogens with zero attached hydrogens (tertiary/aromatic N) is 3. The fourth-order valence-corrected chi connectivity index (χ4v) is 8.15. The number of benzene rings is 3. The Hall–Kier alpha value is -6.54. The highest BCUT2D eigenvalue weighted by Gasteiger charge is 2.44. The maximum atomic E-state index is 13.9. The molecule has 3 atom stereocenters. The van der Waals surface area contributed by atoms with Gasteiger partial charge in [0.05, 0.1) is 66.8 Å². The van der Waals surface area contributed by atoms with E-state index in [1.807, 2.05) is 31.2 Å². The molecule has 1 aromatic heterocycles. The second-order valence-electron chi connectivity index (χ2n) is 17.4. The maximum absolute atomic E-state index is 13.9. The van der Waals surface area contributed by atoms with Crippen LogP contribution in [0.3, 0.4) is 0 Å². The highest BCUT2D eigenvalue weighted by molar-refractivity contribution is 7.13. The molecule has 0 saturated carbocycles. The number of aromatic nitrogens is 1. The number of ether oxygens (including phenoxy) is 4. The Balaban J connectivity index is 1.01. The van der Waals surface area contributed by atoms with Crippen molar-refractivity contribution in [3.05, 3.63) is 105 Å². The summed E-state index contributed by atoms with van der Waals surface area (Å²) in [6, 6.07) is 12.8. The van der Waals surface area contributed by atoms with E-state index in [1.165, 1.54) is 36.3 Å². The first-order chi connectivity index (χ1) is 33.5. The van der Waals surface area contributed by atoms with Crippen LogP contribution in [0.25, 0.3) is 16.5 Å². The average Bonchev–Trinajstić information content (AvgIpc) is 3.94. The molecule has 3 aromatic carbocycles. The molecule has 0 bridgehead atoms. The predicted octanol–water partition coefficient (Wildman–Crippen LogP) is 7.00. The van der Waals surface area contributed by atoms with Crippen LogP contribution >= 0.6 is 11.3 Å². The number of rotatable bonds is 21. The van der Waals surface area contributed by atoms with Crippen LogP contribution in [0.15, 0.2) is 71.7 Å². The van der Waals surface area contributed by atoms with Crippen molar-refractivity contribution in [1.29, 1.82) is 5.26 Å². The molecule has 15 nitrogen and oxygen atoms in total. The molecule has 22 heteroatoms. The number of hydrogen-bond acceptors (Lipinski definition) is 12. The molecular formula is C49H54F6N6O9S. The third kappa shape index (κ3) is 15.7. The van der Waals surface area contributed by atoms with Crippen LogP contribution in [-0.2, 0) is 54.2 Å². The number of likely N-dealkylation sites (tertiary alicyclic amines) is 1. The highest BCUT2D eigenvalue weighted by atomic mass is 32.1. The fraction of sp³-hybridized carbons (Fsp3) is 0.429. The summed E-state index contributed by atoms with van der Waals surface area (Å²) in [5, 5.41) is 28.4. The van der Waals surface area contributed by atoms with E-state index in [9.17, 15) is 55.9 Å². The summed E-state index contributed by atoms with van der Waals surface area (Å²) in [6.45, 7) is 6.86.